The van der Waals surface area contributed by atoms with Crippen LogP contribution < -0.4 is 44.6 Å². The molecule has 0 aliphatic rings. The van der Waals surface area contributed by atoms with E-state index < -0.39 is 47.8 Å². The van der Waals surface area contributed by atoms with Crippen LogP contribution in [0.5, 0.6) is 0 Å². The molecule has 13 N–H and O–H groups in total. The Morgan fingerprint density at radius 3 is 1.82 bits per heavy atom. The third-order valence-electron chi connectivity index (χ3n) is 7.30. The Hall–Kier alpha value is -3.71. The molecule has 0 aliphatic carbocycles. The molecule has 13 nitrogen and oxygen atoms in total. The molecule has 13 heteroatoms. The van der Waals surface area contributed by atoms with Crippen molar-refractivity contribution in [3.63, 3.8) is 0 Å². The molecule has 44 heavy (non-hydrogen) atoms. The first-order valence-corrected chi connectivity index (χ1v) is 15.8. The summed E-state index contributed by atoms with van der Waals surface area (Å²) in [6.45, 7) is 2.85. The highest BCUT2D eigenvalue weighted by Gasteiger charge is 2.29. The average Bonchev–Trinajstić information content (AvgIpc) is 2.99. The van der Waals surface area contributed by atoms with Gasteiger partial charge in [0.25, 0.3) is 0 Å². The standard InChI is InChI=1S/C31H55N9O4/c1-2-3-4-5-6-10-17-25(29(43)38-24(27(34)41)16-11-12-19-32)40-30(44)26(18-13-20-37-31(35)36)39-28(42)23(33)21-22-14-8-7-9-15-22/h7-9,14-15,23-26H,2-6,10-13,16-21,32-33H2,1H3,(H2,34,41)(H,38,43)(H,39,42)(H,40,44)(H4,35,36,37). The Kier molecular flexibility index (Phi) is 19.8. The van der Waals surface area contributed by atoms with Crippen molar-refractivity contribution in [2.24, 2.45) is 33.7 Å². The van der Waals surface area contributed by atoms with Gasteiger partial charge in [-0.15, -0.1) is 0 Å². The lowest BCUT2D eigenvalue weighted by molar-refractivity contribution is -0.133. The fourth-order valence-electron chi connectivity index (χ4n) is 4.73. The van der Waals surface area contributed by atoms with Crippen molar-refractivity contribution in [1.29, 1.82) is 0 Å². The predicted octanol–water partition coefficient (Wildman–Crippen LogP) is 0.429. The molecule has 0 heterocycles. The van der Waals surface area contributed by atoms with Crippen LogP contribution in [0.25, 0.3) is 0 Å². The summed E-state index contributed by atoms with van der Waals surface area (Å²) in [7, 11) is 0. The molecule has 1 rings (SSSR count). The Balaban J connectivity index is 3.04. The summed E-state index contributed by atoms with van der Waals surface area (Å²) in [5, 5.41) is 8.27. The summed E-state index contributed by atoms with van der Waals surface area (Å²) in [5.74, 6) is -2.28. The zero-order valence-electron chi connectivity index (χ0n) is 26.3. The van der Waals surface area contributed by atoms with Crippen molar-refractivity contribution >= 4 is 29.6 Å². The minimum atomic E-state index is -0.991. The minimum absolute atomic E-state index is 0.0777. The van der Waals surface area contributed by atoms with E-state index in [-0.39, 0.29) is 25.3 Å². The first-order valence-electron chi connectivity index (χ1n) is 15.8. The lowest BCUT2D eigenvalue weighted by atomic mass is 10.0. The molecule has 0 saturated heterocycles. The summed E-state index contributed by atoms with van der Waals surface area (Å²) < 4.78 is 0. The number of nitrogens with two attached hydrogens (primary N) is 5. The first-order chi connectivity index (χ1) is 21.1. The second-order valence-corrected chi connectivity index (χ2v) is 11.2. The predicted molar refractivity (Wildman–Crippen MR) is 174 cm³/mol. The van der Waals surface area contributed by atoms with Crippen molar-refractivity contribution in [2.45, 2.75) is 115 Å². The number of hydrogen-bond donors (Lipinski definition) is 8. The van der Waals surface area contributed by atoms with Gasteiger partial charge < -0.3 is 44.6 Å². The molecule has 1 aromatic carbocycles. The van der Waals surface area contributed by atoms with Gasteiger partial charge >= 0.3 is 0 Å². The fraction of sp³-hybridized carbons (Fsp3) is 0.645. The maximum absolute atomic E-state index is 13.6. The molecule has 4 atom stereocenters. The molecule has 4 amide bonds. The van der Waals surface area contributed by atoms with Gasteiger partial charge in [-0.2, -0.15) is 0 Å². The smallest absolute Gasteiger partial charge is 0.243 e. The van der Waals surface area contributed by atoms with Gasteiger partial charge in [-0.05, 0) is 57.1 Å². The zero-order valence-corrected chi connectivity index (χ0v) is 26.3. The monoisotopic (exact) mass is 617 g/mol. The maximum atomic E-state index is 13.6. The van der Waals surface area contributed by atoms with Crippen LogP contribution in [0.3, 0.4) is 0 Å². The third kappa shape index (κ3) is 16.8. The van der Waals surface area contributed by atoms with E-state index in [4.69, 9.17) is 28.7 Å². The topological polar surface area (TPSA) is 247 Å². The summed E-state index contributed by atoms with van der Waals surface area (Å²) in [5.41, 5.74) is 29.0. The number of hydrogen-bond acceptors (Lipinski definition) is 7. The third-order valence-corrected chi connectivity index (χ3v) is 7.30. The average molecular weight is 618 g/mol. The summed E-state index contributed by atoms with van der Waals surface area (Å²) >= 11 is 0. The molecule has 0 bridgehead atoms. The highest BCUT2D eigenvalue weighted by Crippen LogP contribution is 2.11. The second-order valence-electron chi connectivity index (χ2n) is 11.2. The van der Waals surface area contributed by atoms with Crippen molar-refractivity contribution in [2.75, 3.05) is 13.1 Å². The van der Waals surface area contributed by atoms with E-state index in [1.54, 1.807) is 0 Å². The number of benzene rings is 1. The number of guanidine groups is 1. The number of unbranched alkanes of at least 4 members (excludes halogenated alkanes) is 6. The van der Waals surface area contributed by atoms with Gasteiger partial charge in [0.05, 0.1) is 6.04 Å². The maximum Gasteiger partial charge on any atom is 0.243 e. The van der Waals surface area contributed by atoms with Crippen LogP contribution in [0.15, 0.2) is 35.3 Å². The molecule has 4 unspecified atom stereocenters. The Labute approximate surface area is 261 Å². The number of aliphatic imine (C=N–C) groups is 1. The normalized spacial score (nSPS) is 13.6. The first kappa shape index (κ1) is 38.3. The number of primary amides is 1. The van der Waals surface area contributed by atoms with E-state index in [9.17, 15) is 19.2 Å². The number of carbonyl (C=O) groups excluding carboxylic acids is 4. The molecule has 0 fully saturated rings. The van der Waals surface area contributed by atoms with Crippen LogP contribution in [-0.2, 0) is 25.6 Å². The Morgan fingerprint density at radius 1 is 0.705 bits per heavy atom. The van der Waals surface area contributed by atoms with E-state index >= 15 is 0 Å². The number of amides is 4. The summed E-state index contributed by atoms with van der Waals surface area (Å²) in [6, 6.07) is 5.62. The van der Waals surface area contributed by atoms with Crippen LogP contribution in [0, 0.1) is 0 Å². The lowest BCUT2D eigenvalue weighted by Gasteiger charge is -2.25. The number of rotatable bonds is 24. The van der Waals surface area contributed by atoms with Gasteiger partial charge in [-0.3, -0.25) is 24.2 Å². The summed E-state index contributed by atoms with van der Waals surface area (Å²) in [4.78, 5) is 56.0. The van der Waals surface area contributed by atoms with Crippen molar-refractivity contribution in [1.82, 2.24) is 16.0 Å². The van der Waals surface area contributed by atoms with Crippen LogP contribution in [0.2, 0.25) is 0 Å². The van der Waals surface area contributed by atoms with Gasteiger partial charge in [0.2, 0.25) is 23.6 Å². The Morgan fingerprint density at radius 2 is 1.23 bits per heavy atom. The fourth-order valence-corrected chi connectivity index (χ4v) is 4.73. The van der Waals surface area contributed by atoms with Gasteiger partial charge in [0, 0.05) is 6.54 Å². The second kappa shape index (κ2) is 22.8. The zero-order chi connectivity index (χ0) is 32.7. The van der Waals surface area contributed by atoms with Gasteiger partial charge in [-0.1, -0.05) is 75.8 Å². The summed E-state index contributed by atoms with van der Waals surface area (Å²) in [6.07, 6.45) is 8.85. The van der Waals surface area contributed by atoms with Gasteiger partial charge in [0.1, 0.15) is 18.1 Å². The van der Waals surface area contributed by atoms with E-state index in [1.165, 1.54) is 0 Å². The van der Waals surface area contributed by atoms with Crippen molar-refractivity contribution in [3.8, 4) is 0 Å². The van der Waals surface area contributed by atoms with Crippen LogP contribution >= 0.6 is 0 Å². The highest BCUT2D eigenvalue weighted by molar-refractivity contribution is 5.94. The number of nitrogens with zero attached hydrogens (tertiary/aromatic N) is 1. The van der Waals surface area contributed by atoms with Crippen LogP contribution in [-0.4, -0.2) is 66.8 Å². The molecule has 248 valence electrons. The van der Waals surface area contributed by atoms with E-state index in [0.717, 1.165) is 37.7 Å². The highest BCUT2D eigenvalue weighted by atomic mass is 16.2. The SMILES string of the molecule is CCCCCCCCC(NC(=O)C(CCCN=C(N)N)NC(=O)C(N)Cc1ccccc1)C(=O)NC(CCCCN)C(N)=O. The van der Waals surface area contributed by atoms with E-state index in [2.05, 4.69) is 27.9 Å². The molecule has 0 aromatic heterocycles. The molecule has 0 saturated carbocycles. The van der Waals surface area contributed by atoms with E-state index in [0.29, 0.717) is 45.1 Å². The van der Waals surface area contributed by atoms with E-state index in [1.807, 2.05) is 30.3 Å². The van der Waals surface area contributed by atoms with Crippen molar-refractivity contribution in [3.05, 3.63) is 35.9 Å². The molecule has 0 radical (unpaired) electrons. The molecule has 1 aromatic rings. The largest absolute Gasteiger partial charge is 0.370 e. The Bertz CT molecular complexity index is 1020. The van der Waals surface area contributed by atoms with Crippen molar-refractivity contribution < 1.29 is 19.2 Å². The molecule has 0 spiro atoms. The van der Waals surface area contributed by atoms with Crippen LogP contribution in [0.4, 0.5) is 0 Å². The minimum Gasteiger partial charge on any atom is -0.370 e. The van der Waals surface area contributed by atoms with Crippen LogP contribution in [0.1, 0.15) is 89.5 Å². The number of nitrogens with one attached hydrogen (secondary N) is 3. The number of carbonyl (C=O) groups is 4. The van der Waals surface area contributed by atoms with Gasteiger partial charge in [0.15, 0.2) is 5.96 Å². The molecule has 0 aliphatic heterocycles. The quantitative estimate of drug-likeness (QED) is 0.0458. The lowest BCUT2D eigenvalue weighted by Crippen LogP contribution is -2.57. The molecular formula is C31H55N9O4. The van der Waals surface area contributed by atoms with Gasteiger partial charge in [-0.25, -0.2) is 0 Å². The molecular weight excluding hydrogens is 562 g/mol.